The van der Waals surface area contributed by atoms with Crippen LogP contribution in [0.2, 0.25) is 5.28 Å². The van der Waals surface area contributed by atoms with E-state index in [4.69, 9.17) is 11.6 Å². The Morgan fingerprint density at radius 2 is 1.95 bits per heavy atom. The fourth-order valence-electron chi connectivity index (χ4n) is 1.75. The van der Waals surface area contributed by atoms with Gasteiger partial charge in [-0.3, -0.25) is 0 Å². The summed E-state index contributed by atoms with van der Waals surface area (Å²) in [6.45, 7) is 5.81. The molecule has 21 heavy (non-hydrogen) atoms. The Balaban J connectivity index is 2.38. The maximum Gasteiger partial charge on any atom is 0.234 e. The fourth-order valence-corrected chi connectivity index (χ4v) is 2.58. The van der Waals surface area contributed by atoms with Gasteiger partial charge < -0.3 is 4.90 Å². The smallest absolute Gasteiger partial charge is 0.234 e. The predicted octanol–water partition coefficient (Wildman–Crippen LogP) is 2.60. The molecule has 0 amide bonds. The molecule has 6 nitrogen and oxygen atoms in total. The Kier molecular flexibility index (Phi) is 4.54. The average molecular weight is 325 g/mol. The zero-order chi connectivity index (χ0) is 15.5. The Morgan fingerprint density at radius 1 is 1.29 bits per heavy atom. The van der Waals surface area contributed by atoms with Gasteiger partial charge >= 0.3 is 0 Å². The van der Waals surface area contributed by atoms with Gasteiger partial charge in [0.25, 0.3) is 0 Å². The van der Waals surface area contributed by atoms with E-state index in [1.165, 1.54) is 18.5 Å². The molecule has 0 aliphatic carbocycles. The quantitative estimate of drug-likeness (QED) is 0.841. The van der Waals surface area contributed by atoms with E-state index in [1.807, 2.05) is 6.92 Å². The molecule has 110 valence electrons. The third-order valence-corrected chi connectivity index (χ3v) is 4.33. The second kappa shape index (κ2) is 6.19. The number of hydrogen-bond acceptors (Lipinski definition) is 6. The first kappa shape index (κ1) is 15.4. The van der Waals surface area contributed by atoms with Gasteiger partial charge in [-0.15, -0.1) is 0 Å². The standard InChI is InChI=1S/C13H13ClN4O2S/c1-3-18(13-16-9-15-12(14)17-13)10-5-7-11(8-6-10)21(19,20)4-2/h4-9H,2-3H2,1H3. The molecule has 0 fully saturated rings. The third-order valence-electron chi connectivity index (χ3n) is 2.78. The number of halogens is 1. The molecule has 0 bridgehead atoms. The highest BCUT2D eigenvalue weighted by atomic mass is 35.5. The van der Waals surface area contributed by atoms with Gasteiger partial charge in [-0.25, -0.2) is 18.4 Å². The SMILES string of the molecule is C=CS(=O)(=O)c1ccc(N(CC)c2ncnc(Cl)n2)cc1. The van der Waals surface area contributed by atoms with E-state index < -0.39 is 9.84 Å². The molecule has 2 aromatic rings. The Bertz CT molecular complexity index is 747. The van der Waals surface area contributed by atoms with Crippen molar-refractivity contribution in [1.82, 2.24) is 15.0 Å². The molecule has 0 atom stereocenters. The molecule has 1 aromatic carbocycles. The lowest BCUT2D eigenvalue weighted by atomic mass is 10.3. The maximum atomic E-state index is 11.7. The van der Waals surface area contributed by atoms with Gasteiger partial charge in [-0.1, -0.05) is 6.58 Å². The van der Waals surface area contributed by atoms with Gasteiger partial charge in [0.05, 0.1) is 4.90 Å². The van der Waals surface area contributed by atoms with Crippen molar-refractivity contribution >= 4 is 33.1 Å². The molecule has 8 heteroatoms. The number of benzene rings is 1. The van der Waals surface area contributed by atoms with Gasteiger partial charge in [0.2, 0.25) is 11.2 Å². The summed E-state index contributed by atoms with van der Waals surface area (Å²) in [6.07, 6.45) is 1.32. The highest BCUT2D eigenvalue weighted by Gasteiger charge is 2.13. The predicted molar refractivity (Wildman–Crippen MR) is 81.3 cm³/mol. The van der Waals surface area contributed by atoms with Gasteiger partial charge in [0.1, 0.15) is 6.33 Å². The molecule has 0 aliphatic heterocycles. The Morgan fingerprint density at radius 3 is 2.48 bits per heavy atom. The fraction of sp³-hybridized carbons (Fsp3) is 0.154. The van der Waals surface area contributed by atoms with Crippen LogP contribution < -0.4 is 4.90 Å². The van der Waals surface area contributed by atoms with E-state index >= 15 is 0 Å². The monoisotopic (exact) mass is 324 g/mol. The zero-order valence-corrected chi connectivity index (χ0v) is 12.8. The van der Waals surface area contributed by atoms with Gasteiger partial charge in [0, 0.05) is 17.6 Å². The van der Waals surface area contributed by atoms with Crippen LogP contribution in [0, 0.1) is 0 Å². The summed E-state index contributed by atoms with van der Waals surface area (Å²) in [4.78, 5) is 13.8. The minimum absolute atomic E-state index is 0.101. The van der Waals surface area contributed by atoms with Gasteiger partial charge in [0.15, 0.2) is 9.84 Å². The Hall–Kier alpha value is -1.99. The normalized spacial score (nSPS) is 11.1. The largest absolute Gasteiger partial charge is 0.311 e. The average Bonchev–Trinajstić information content (AvgIpc) is 2.49. The van der Waals surface area contributed by atoms with Gasteiger partial charge in [-0.05, 0) is 42.8 Å². The minimum Gasteiger partial charge on any atom is -0.311 e. The molecule has 0 unspecified atom stereocenters. The highest BCUT2D eigenvalue weighted by molar-refractivity contribution is 7.94. The third kappa shape index (κ3) is 3.37. The van der Waals surface area contributed by atoms with Crippen molar-refractivity contribution in [1.29, 1.82) is 0 Å². The number of nitrogens with zero attached hydrogens (tertiary/aromatic N) is 4. The molecular formula is C13H13ClN4O2S. The first-order chi connectivity index (χ1) is 9.97. The summed E-state index contributed by atoms with van der Waals surface area (Å²) in [5.41, 5.74) is 0.753. The first-order valence-electron chi connectivity index (χ1n) is 6.07. The molecule has 0 radical (unpaired) electrons. The maximum absolute atomic E-state index is 11.7. The first-order valence-corrected chi connectivity index (χ1v) is 8.00. The molecule has 1 aromatic heterocycles. The summed E-state index contributed by atoms with van der Waals surface area (Å²) in [6, 6.07) is 6.38. The number of anilines is 2. The molecule has 0 aliphatic rings. The number of aromatic nitrogens is 3. The minimum atomic E-state index is -3.44. The molecule has 0 N–H and O–H groups in total. The van der Waals surface area contributed by atoms with Crippen molar-refractivity contribution in [2.45, 2.75) is 11.8 Å². The Labute approximate surface area is 128 Å². The van der Waals surface area contributed by atoms with E-state index in [-0.39, 0.29) is 10.2 Å². The van der Waals surface area contributed by atoms with E-state index in [1.54, 1.807) is 17.0 Å². The number of hydrogen-bond donors (Lipinski definition) is 0. The van der Waals surface area contributed by atoms with Crippen molar-refractivity contribution in [3.63, 3.8) is 0 Å². The molecule has 0 spiro atoms. The summed E-state index contributed by atoms with van der Waals surface area (Å²) in [5.74, 6) is 0.400. The summed E-state index contributed by atoms with van der Waals surface area (Å²) >= 11 is 5.76. The molecule has 0 saturated heterocycles. The van der Waals surface area contributed by atoms with Crippen molar-refractivity contribution in [2.75, 3.05) is 11.4 Å². The van der Waals surface area contributed by atoms with Crippen LogP contribution in [0.15, 0.2) is 47.5 Å². The van der Waals surface area contributed by atoms with E-state index in [0.29, 0.717) is 12.5 Å². The molecule has 2 rings (SSSR count). The molecule has 0 saturated carbocycles. The van der Waals surface area contributed by atoms with Gasteiger partial charge in [-0.2, -0.15) is 4.98 Å². The van der Waals surface area contributed by atoms with Crippen molar-refractivity contribution in [2.24, 2.45) is 0 Å². The van der Waals surface area contributed by atoms with E-state index in [2.05, 4.69) is 21.5 Å². The second-order valence-electron chi connectivity index (χ2n) is 4.00. The lowest BCUT2D eigenvalue weighted by Gasteiger charge is -2.20. The highest BCUT2D eigenvalue weighted by Crippen LogP contribution is 2.24. The van der Waals surface area contributed by atoms with Crippen LogP contribution in [0.1, 0.15) is 6.92 Å². The topological polar surface area (TPSA) is 76.1 Å². The number of rotatable bonds is 5. The van der Waals surface area contributed by atoms with Crippen LogP contribution in [-0.4, -0.2) is 29.9 Å². The van der Waals surface area contributed by atoms with Crippen LogP contribution in [0.5, 0.6) is 0 Å². The molecule has 1 heterocycles. The summed E-state index contributed by atoms with van der Waals surface area (Å²) in [7, 11) is -3.44. The number of sulfone groups is 1. The van der Waals surface area contributed by atoms with Crippen LogP contribution in [0.3, 0.4) is 0 Å². The van der Waals surface area contributed by atoms with Crippen molar-refractivity contribution < 1.29 is 8.42 Å². The van der Waals surface area contributed by atoms with Crippen LogP contribution in [0.4, 0.5) is 11.6 Å². The van der Waals surface area contributed by atoms with E-state index in [0.717, 1.165) is 11.1 Å². The zero-order valence-electron chi connectivity index (χ0n) is 11.3. The van der Waals surface area contributed by atoms with Crippen LogP contribution >= 0.6 is 11.6 Å². The lowest BCUT2D eigenvalue weighted by molar-refractivity contribution is 0.604. The lowest BCUT2D eigenvalue weighted by Crippen LogP contribution is -2.19. The van der Waals surface area contributed by atoms with Crippen LogP contribution in [0.25, 0.3) is 0 Å². The second-order valence-corrected chi connectivity index (χ2v) is 6.24. The van der Waals surface area contributed by atoms with E-state index in [9.17, 15) is 8.42 Å². The summed E-state index contributed by atoms with van der Waals surface area (Å²) in [5, 5.41) is 1.02. The van der Waals surface area contributed by atoms with Crippen molar-refractivity contribution in [3.05, 3.63) is 47.9 Å². The van der Waals surface area contributed by atoms with Crippen molar-refractivity contribution in [3.8, 4) is 0 Å². The summed E-state index contributed by atoms with van der Waals surface area (Å²) < 4.78 is 23.4. The van der Waals surface area contributed by atoms with Crippen LogP contribution in [-0.2, 0) is 9.84 Å². The molecular weight excluding hydrogens is 312 g/mol.